The van der Waals surface area contributed by atoms with Crippen LogP contribution in [0.3, 0.4) is 0 Å². The van der Waals surface area contributed by atoms with Crippen molar-refractivity contribution in [3.63, 3.8) is 0 Å². The molecular weight excluding hydrogens is 855 g/mol. The summed E-state index contributed by atoms with van der Waals surface area (Å²) >= 11 is 1.72. The van der Waals surface area contributed by atoms with Gasteiger partial charge in [0.15, 0.2) is 0 Å². The third-order valence-electron chi connectivity index (χ3n) is 15.4. The Morgan fingerprint density at radius 3 is 1.74 bits per heavy atom. The molecular formula is C65H37N3S. The molecule has 2 aliphatic carbocycles. The van der Waals surface area contributed by atoms with Crippen LogP contribution in [0.15, 0.2) is 224 Å². The highest BCUT2D eigenvalue weighted by Crippen LogP contribution is 2.64. The van der Waals surface area contributed by atoms with Gasteiger partial charge in [0.1, 0.15) is 10.3 Å². The Hall–Kier alpha value is -8.70. The number of hydrogen-bond donors (Lipinski definition) is 0. The topological polar surface area (TPSA) is 30.7 Å². The number of hydrogen-bond acceptors (Lipinski definition) is 3. The predicted octanol–water partition coefficient (Wildman–Crippen LogP) is 17.1. The first-order valence-electron chi connectivity index (χ1n) is 23.7. The van der Waals surface area contributed by atoms with Crippen molar-refractivity contribution in [1.82, 2.24) is 14.5 Å². The van der Waals surface area contributed by atoms with Crippen molar-refractivity contribution in [3.8, 4) is 50.5 Å². The molecule has 16 rings (SSSR count). The van der Waals surface area contributed by atoms with Crippen molar-refractivity contribution >= 4 is 85.9 Å². The lowest BCUT2D eigenvalue weighted by atomic mass is 9.70. The largest absolute Gasteiger partial charge is 0.309 e. The second-order valence-corrected chi connectivity index (χ2v) is 19.7. The molecule has 0 saturated heterocycles. The zero-order valence-corrected chi connectivity index (χ0v) is 37.9. The van der Waals surface area contributed by atoms with E-state index in [-0.39, 0.29) is 0 Å². The third kappa shape index (κ3) is 4.85. The quantitative estimate of drug-likeness (QED) is 0.177. The number of fused-ring (bicyclic) bond motifs is 20. The van der Waals surface area contributed by atoms with E-state index in [9.17, 15) is 0 Å². The van der Waals surface area contributed by atoms with E-state index in [2.05, 4.69) is 229 Å². The lowest BCUT2D eigenvalue weighted by molar-refractivity contribution is 0.794. The molecule has 1 spiro atoms. The van der Waals surface area contributed by atoms with E-state index in [1.807, 2.05) is 0 Å². The van der Waals surface area contributed by atoms with Crippen molar-refractivity contribution in [2.75, 3.05) is 0 Å². The lowest BCUT2D eigenvalue weighted by Gasteiger charge is -2.30. The smallest absolute Gasteiger partial charge is 0.143 e. The van der Waals surface area contributed by atoms with Crippen LogP contribution < -0.4 is 0 Å². The maximum Gasteiger partial charge on any atom is 0.143 e. The first-order chi connectivity index (χ1) is 34.2. The molecule has 3 nitrogen and oxygen atoms in total. The summed E-state index contributed by atoms with van der Waals surface area (Å²) in [4.78, 5) is 12.5. The van der Waals surface area contributed by atoms with Crippen molar-refractivity contribution in [2.45, 2.75) is 5.41 Å². The minimum atomic E-state index is -0.474. The number of rotatable bonds is 3. The molecule has 318 valence electrons. The lowest BCUT2D eigenvalue weighted by Crippen LogP contribution is -2.25. The highest BCUT2D eigenvalue weighted by molar-refractivity contribution is 7.25. The molecule has 2 aliphatic rings. The average Bonchev–Trinajstić information content (AvgIpc) is 4.13. The Morgan fingerprint density at radius 1 is 0.362 bits per heavy atom. The van der Waals surface area contributed by atoms with Gasteiger partial charge >= 0.3 is 0 Å². The minimum absolute atomic E-state index is 0.474. The maximum absolute atomic E-state index is 5.80. The first-order valence-corrected chi connectivity index (χ1v) is 24.6. The van der Waals surface area contributed by atoms with E-state index >= 15 is 0 Å². The van der Waals surface area contributed by atoms with Gasteiger partial charge in [-0.25, -0.2) is 9.97 Å². The molecule has 0 fully saturated rings. The first kappa shape index (κ1) is 37.4. The van der Waals surface area contributed by atoms with Crippen LogP contribution in [0.25, 0.3) is 125 Å². The molecule has 0 amide bonds. The van der Waals surface area contributed by atoms with Crippen LogP contribution in [0.1, 0.15) is 22.3 Å². The van der Waals surface area contributed by atoms with E-state index in [0.717, 1.165) is 54.7 Å². The van der Waals surface area contributed by atoms with Crippen LogP contribution in [-0.2, 0) is 5.41 Å². The van der Waals surface area contributed by atoms with Gasteiger partial charge in [-0.2, -0.15) is 0 Å². The molecule has 0 saturated carbocycles. The summed E-state index contributed by atoms with van der Waals surface area (Å²) < 4.78 is 3.68. The summed E-state index contributed by atoms with van der Waals surface area (Å²) in [5.41, 5.74) is 18.2. The van der Waals surface area contributed by atoms with Crippen molar-refractivity contribution in [2.24, 2.45) is 0 Å². The van der Waals surface area contributed by atoms with Crippen LogP contribution in [-0.4, -0.2) is 14.5 Å². The van der Waals surface area contributed by atoms with E-state index in [4.69, 9.17) is 9.97 Å². The fourth-order valence-electron chi connectivity index (χ4n) is 12.7. The molecule has 0 aliphatic heterocycles. The van der Waals surface area contributed by atoms with Crippen LogP contribution in [0.5, 0.6) is 0 Å². The van der Waals surface area contributed by atoms with E-state index in [1.165, 1.54) is 92.6 Å². The maximum atomic E-state index is 5.80. The van der Waals surface area contributed by atoms with Crippen LogP contribution in [0.4, 0.5) is 0 Å². The monoisotopic (exact) mass is 891 g/mol. The Balaban J connectivity index is 0.999. The molecule has 69 heavy (non-hydrogen) atoms. The zero-order valence-electron chi connectivity index (χ0n) is 37.1. The molecule has 4 heteroatoms. The van der Waals surface area contributed by atoms with E-state index in [1.54, 1.807) is 11.3 Å². The highest BCUT2D eigenvalue weighted by atomic mass is 32.1. The molecule has 3 heterocycles. The van der Waals surface area contributed by atoms with Gasteiger partial charge in [0, 0.05) is 37.4 Å². The second-order valence-electron chi connectivity index (χ2n) is 18.7. The van der Waals surface area contributed by atoms with Gasteiger partial charge in [-0.1, -0.05) is 194 Å². The van der Waals surface area contributed by atoms with E-state index in [0.29, 0.717) is 0 Å². The molecule has 11 aromatic carbocycles. The molecule has 0 atom stereocenters. The number of aromatic nitrogens is 3. The second kappa shape index (κ2) is 13.7. The number of nitrogens with zero attached hydrogens (tertiary/aromatic N) is 3. The number of benzene rings is 11. The fraction of sp³-hybridized carbons (Fsp3) is 0.0154. The van der Waals surface area contributed by atoms with Crippen LogP contribution in [0, 0.1) is 0 Å². The van der Waals surface area contributed by atoms with Gasteiger partial charge < -0.3 is 4.57 Å². The summed E-state index contributed by atoms with van der Waals surface area (Å²) in [5.74, 6) is 0. The van der Waals surface area contributed by atoms with Gasteiger partial charge in [-0.3, -0.25) is 0 Å². The van der Waals surface area contributed by atoms with Gasteiger partial charge in [0.25, 0.3) is 0 Å². The fourth-order valence-corrected chi connectivity index (χ4v) is 13.7. The van der Waals surface area contributed by atoms with Gasteiger partial charge in [0.2, 0.25) is 0 Å². The third-order valence-corrected chi connectivity index (χ3v) is 16.5. The zero-order chi connectivity index (χ0) is 45.0. The Kier molecular flexibility index (Phi) is 7.42. The van der Waals surface area contributed by atoms with Gasteiger partial charge in [-0.05, 0) is 102 Å². The molecule has 0 N–H and O–H groups in total. The average molecular weight is 892 g/mol. The van der Waals surface area contributed by atoms with Crippen LogP contribution in [0.2, 0.25) is 0 Å². The normalized spacial score (nSPS) is 13.3. The summed E-state index contributed by atoms with van der Waals surface area (Å²) in [5, 5.41) is 10.9. The molecule has 0 bridgehead atoms. The molecule has 14 aromatic rings. The Bertz CT molecular complexity index is 4530. The Morgan fingerprint density at radius 2 is 0.928 bits per heavy atom. The molecule has 3 aromatic heterocycles. The van der Waals surface area contributed by atoms with E-state index < -0.39 is 5.41 Å². The predicted molar refractivity (Wildman–Crippen MR) is 289 cm³/mol. The number of thiophene rings is 1. The SMILES string of the molecule is c1ccc2c(c1)-c1ccccc1C21c2ccccc2-c2c(-c3nc4sc5ccccc5c4nc3-c3cccc4c(-n5c6cc7ccccc7cc6c6c7ccccc7ccc65)cccc34)cccc21. The van der Waals surface area contributed by atoms with Gasteiger partial charge in [0.05, 0.1) is 33.5 Å². The summed E-state index contributed by atoms with van der Waals surface area (Å²) in [6, 6.07) is 83.1. The highest BCUT2D eigenvalue weighted by Gasteiger charge is 2.52. The minimum Gasteiger partial charge on any atom is -0.309 e. The standard InChI is InChI=1S/C65H37N3S/c1-2-18-40-37-57-50(36-39(40)17-1)60-41-19-4-3-16-38(41)34-35-56(60)68(57)55-32-15-24-42-45(55)25-13-26-46(42)61-62(67-64-63(66-61)48-23-8-12-33-58(48)69-64)49-27-14-31-54-59(49)47-22-7-11-30-53(47)65(54)51-28-9-5-20-43(51)44-21-6-10-29-52(44)65/h1-37H. The van der Waals surface area contributed by atoms with Crippen molar-refractivity contribution in [1.29, 1.82) is 0 Å². The van der Waals surface area contributed by atoms with Crippen LogP contribution >= 0.6 is 11.3 Å². The molecule has 0 unspecified atom stereocenters. The van der Waals surface area contributed by atoms with Crippen molar-refractivity contribution in [3.05, 3.63) is 247 Å². The summed E-state index contributed by atoms with van der Waals surface area (Å²) in [6.45, 7) is 0. The summed E-state index contributed by atoms with van der Waals surface area (Å²) in [7, 11) is 0. The van der Waals surface area contributed by atoms with Crippen molar-refractivity contribution < 1.29 is 0 Å². The molecule has 0 radical (unpaired) electrons. The summed E-state index contributed by atoms with van der Waals surface area (Å²) in [6.07, 6.45) is 0. The Labute approximate surface area is 400 Å². The van der Waals surface area contributed by atoms with Gasteiger partial charge in [-0.15, -0.1) is 11.3 Å².